The van der Waals surface area contributed by atoms with Crippen molar-refractivity contribution in [2.24, 2.45) is 0 Å². The standard InChI is InChI=1S/C30H32N2O5S/c33-30-25(24-18-21(10-11-27(24)31-30)12-13-32-14-16-36-17-15-32)19-29-26(23-8-4-5-9-28(23)37-29)20-38(34,35)22-6-2-1-3-7-22/h1-3,6-7,10-11,18-19H,4-5,8-9,12-17,20H2,(H,31,33). The third-order valence-corrected chi connectivity index (χ3v) is 9.37. The van der Waals surface area contributed by atoms with Gasteiger partial charge in [0.2, 0.25) is 0 Å². The van der Waals surface area contributed by atoms with E-state index in [2.05, 4.69) is 22.3 Å². The molecule has 1 saturated heterocycles. The molecule has 1 fully saturated rings. The lowest BCUT2D eigenvalue weighted by Crippen LogP contribution is -2.37. The number of carbonyl (C=O) groups excluding carboxylic acids is 1. The molecule has 1 aliphatic carbocycles. The van der Waals surface area contributed by atoms with E-state index < -0.39 is 9.84 Å². The maximum atomic E-state index is 13.3. The van der Waals surface area contributed by atoms with Crippen molar-refractivity contribution in [2.45, 2.75) is 42.8 Å². The van der Waals surface area contributed by atoms with Crippen LogP contribution in [0.5, 0.6) is 0 Å². The zero-order valence-corrected chi connectivity index (χ0v) is 22.2. The van der Waals surface area contributed by atoms with Crippen LogP contribution in [0.1, 0.15) is 46.6 Å². The molecule has 0 unspecified atom stereocenters. The number of rotatable bonds is 7. The summed E-state index contributed by atoms with van der Waals surface area (Å²) < 4.78 is 38.4. The molecular formula is C30H32N2O5S. The highest BCUT2D eigenvalue weighted by atomic mass is 32.2. The lowest BCUT2D eigenvalue weighted by atomic mass is 9.94. The van der Waals surface area contributed by atoms with Crippen molar-refractivity contribution in [1.29, 1.82) is 0 Å². The number of fused-ring (bicyclic) bond motifs is 2. The highest BCUT2D eigenvalue weighted by molar-refractivity contribution is 7.90. The molecule has 0 spiro atoms. The first-order valence-electron chi connectivity index (χ1n) is 13.4. The third kappa shape index (κ3) is 5.08. The Balaban J connectivity index is 1.33. The summed E-state index contributed by atoms with van der Waals surface area (Å²) in [6.07, 6.45) is 6.21. The summed E-state index contributed by atoms with van der Waals surface area (Å²) in [5.74, 6) is 0.979. The van der Waals surface area contributed by atoms with Crippen LogP contribution >= 0.6 is 0 Å². The summed E-state index contributed by atoms with van der Waals surface area (Å²) in [6, 6.07) is 14.6. The van der Waals surface area contributed by atoms with Gasteiger partial charge in [0.1, 0.15) is 11.5 Å². The average molecular weight is 533 g/mol. The molecule has 1 N–H and O–H groups in total. The molecule has 38 heavy (non-hydrogen) atoms. The maximum Gasteiger partial charge on any atom is 0.256 e. The van der Waals surface area contributed by atoms with Crippen molar-refractivity contribution in [3.63, 3.8) is 0 Å². The van der Waals surface area contributed by atoms with Crippen LogP contribution in [-0.2, 0) is 44.4 Å². The molecule has 198 valence electrons. The van der Waals surface area contributed by atoms with E-state index in [1.165, 1.54) is 0 Å². The highest BCUT2D eigenvalue weighted by Crippen LogP contribution is 2.38. The molecule has 3 aliphatic rings. The van der Waals surface area contributed by atoms with Crippen LogP contribution in [0.4, 0.5) is 5.69 Å². The topological polar surface area (TPSA) is 88.8 Å². The fourth-order valence-corrected chi connectivity index (χ4v) is 7.04. The number of furan rings is 1. The van der Waals surface area contributed by atoms with E-state index in [-0.39, 0.29) is 11.7 Å². The average Bonchev–Trinajstić information content (AvgIpc) is 3.44. The third-order valence-electron chi connectivity index (χ3n) is 7.71. The van der Waals surface area contributed by atoms with Gasteiger partial charge in [-0.1, -0.05) is 24.3 Å². The van der Waals surface area contributed by atoms with E-state index in [1.807, 2.05) is 6.07 Å². The van der Waals surface area contributed by atoms with Gasteiger partial charge in [-0.3, -0.25) is 9.69 Å². The zero-order chi connectivity index (χ0) is 26.1. The number of sulfone groups is 1. The molecule has 7 nitrogen and oxygen atoms in total. The molecule has 3 heterocycles. The van der Waals surface area contributed by atoms with Gasteiger partial charge in [-0.15, -0.1) is 0 Å². The minimum atomic E-state index is -3.58. The fourth-order valence-electron chi connectivity index (χ4n) is 5.61. The van der Waals surface area contributed by atoms with Gasteiger partial charge in [-0.2, -0.15) is 0 Å². The molecular weight excluding hydrogens is 500 g/mol. The van der Waals surface area contributed by atoms with Crippen LogP contribution in [0.25, 0.3) is 11.6 Å². The van der Waals surface area contributed by atoms with E-state index in [1.54, 1.807) is 36.4 Å². The van der Waals surface area contributed by atoms with Crippen LogP contribution < -0.4 is 5.32 Å². The molecule has 1 aromatic heterocycles. The lowest BCUT2D eigenvalue weighted by molar-refractivity contribution is -0.110. The first kappa shape index (κ1) is 25.1. The van der Waals surface area contributed by atoms with Crippen molar-refractivity contribution >= 4 is 33.1 Å². The maximum absolute atomic E-state index is 13.3. The summed E-state index contributed by atoms with van der Waals surface area (Å²) in [5, 5.41) is 2.96. The number of hydrogen-bond acceptors (Lipinski definition) is 6. The molecule has 0 saturated carbocycles. The monoisotopic (exact) mass is 532 g/mol. The van der Waals surface area contributed by atoms with E-state index >= 15 is 0 Å². The minimum Gasteiger partial charge on any atom is -0.461 e. The van der Waals surface area contributed by atoms with Gasteiger partial charge in [0.15, 0.2) is 9.84 Å². The van der Waals surface area contributed by atoms with E-state index in [4.69, 9.17) is 9.15 Å². The predicted molar refractivity (Wildman–Crippen MR) is 147 cm³/mol. The number of carbonyl (C=O) groups is 1. The quantitative estimate of drug-likeness (QED) is 0.451. The van der Waals surface area contributed by atoms with Crippen LogP contribution in [0, 0.1) is 0 Å². The van der Waals surface area contributed by atoms with Crippen molar-refractivity contribution in [3.05, 3.63) is 82.3 Å². The van der Waals surface area contributed by atoms with Crippen molar-refractivity contribution in [2.75, 3.05) is 38.2 Å². The Morgan fingerprint density at radius 1 is 1.00 bits per heavy atom. The van der Waals surface area contributed by atoms with Crippen LogP contribution in [-0.4, -0.2) is 52.1 Å². The van der Waals surface area contributed by atoms with E-state index in [0.29, 0.717) is 21.8 Å². The van der Waals surface area contributed by atoms with Gasteiger partial charge >= 0.3 is 0 Å². The molecule has 1 amide bonds. The fraction of sp³-hybridized carbons (Fsp3) is 0.367. The van der Waals surface area contributed by atoms with Crippen molar-refractivity contribution in [1.82, 2.24) is 4.90 Å². The summed E-state index contributed by atoms with van der Waals surface area (Å²) in [7, 11) is -3.58. The number of benzene rings is 2. The summed E-state index contributed by atoms with van der Waals surface area (Å²) in [6.45, 7) is 4.35. The Kier molecular flexibility index (Phi) is 6.95. The summed E-state index contributed by atoms with van der Waals surface area (Å²) in [5.41, 5.74) is 4.94. The number of anilines is 1. The van der Waals surface area contributed by atoms with E-state index in [9.17, 15) is 13.2 Å². The van der Waals surface area contributed by atoms with Crippen LogP contribution in [0.3, 0.4) is 0 Å². The molecule has 2 aliphatic heterocycles. The number of hydrogen-bond donors (Lipinski definition) is 1. The second kappa shape index (κ2) is 10.5. The second-order valence-corrected chi connectivity index (χ2v) is 12.2. The predicted octanol–water partition coefficient (Wildman–Crippen LogP) is 4.50. The van der Waals surface area contributed by atoms with Crippen LogP contribution in [0.2, 0.25) is 0 Å². The lowest BCUT2D eigenvalue weighted by Gasteiger charge is -2.26. The molecule has 0 bridgehead atoms. The highest BCUT2D eigenvalue weighted by Gasteiger charge is 2.30. The summed E-state index contributed by atoms with van der Waals surface area (Å²) in [4.78, 5) is 15.7. The molecule has 0 radical (unpaired) electrons. The Bertz CT molecular complexity index is 1480. The smallest absolute Gasteiger partial charge is 0.256 e. The Labute approximate surface area is 223 Å². The SMILES string of the molecule is O=C1Nc2ccc(CCN3CCOCC3)cc2C1=Cc1oc2c(c1CS(=O)(=O)c1ccccc1)CCCC2. The Morgan fingerprint density at radius 2 is 1.79 bits per heavy atom. The zero-order valence-electron chi connectivity index (χ0n) is 21.4. The molecule has 8 heteroatoms. The summed E-state index contributed by atoms with van der Waals surface area (Å²) >= 11 is 0. The number of ether oxygens (including phenoxy) is 1. The van der Waals surface area contributed by atoms with Gasteiger partial charge in [0.25, 0.3) is 5.91 Å². The first-order valence-corrected chi connectivity index (χ1v) is 15.0. The number of morpholine rings is 1. The number of nitrogens with zero attached hydrogens (tertiary/aromatic N) is 1. The Morgan fingerprint density at radius 3 is 2.61 bits per heavy atom. The molecule has 6 rings (SSSR count). The second-order valence-electron chi connectivity index (χ2n) is 10.2. The first-order chi connectivity index (χ1) is 18.5. The molecule has 2 aromatic carbocycles. The van der Waals surface area contributed by atoms with Crippen LogP contribution in [0.15, 0.2) is 57.8 Å². The minimum absolute atomic E-state index is 0.150. The molecule has 3 aromatic rings. The number of nitrogens with one attached hydrogen (secondary N) is 1. The van der Waals surface area contributed by atoms with Gasteiger partial charge in [0.05, 0.1) is 29.4 Å². The normalized spacial score (nSPS) is 18.8. The Hall–Kier alpha value is -3.20. The number of aryl methyl sites for hydroxylation is 1. The largest absolute Gasteiger partial charge is 0.461 e. The van der Waals surface area contributed by atoms with Gasteiger partial charge in [-0.05, 0) is 67.2 Å². The van der Waals surface area contributed by atoms with Gasteiger partial charge in [0, 0.05) is 42.9 Å². The van der Waals surface area contributed by atoms with Crippen molar-refractivity contribution in [3.8, 4) is 0 Å². The van der Waals surface area contributed by atoms with Gasteiger partial charge in [-0.25, -0.2) is 8.42 Å². The van der Waals surface area contributed by atoms with Gasteiger partial charge < -0.3 is 14.5 Å². The molecule has 0 atom stereocenters. The number of amides is 1. The van der Waals surface area contributed by atoms with E-state index in [0.717, 1.165) is 93.1 Å². The van der Waals surface area contributed by atoms with Crippen molar-refractivity contribution < 1.29 is 22.4 Å².